The Hall–Kier alpha value is -3.28. The summed E-state index contributed by atoms with van der Waals surface area (Å²) in [4.78, 5) is 11.9. The summed E-state index contributed by atoms with van der Waals surface area (Å²) in [5.41, 5.74) is 1.54. The van der Waals surface area contributed by atoms with Gasteiger partial charge in [-0.1, -0.05) is 23.4 Å². The zero-order valence-corrected chi connectivity index (χ0v) is 13.2. The van der Waals surface area contributed by atoms with Gasteiger partial charge in [-0.2, -0.15) is 0 Å². The molecule has 0 radical (unpaired) electrons. The maximum absolute atomic E-state index is 11.9. The number of aryl methyl sites for hydroxylation is 1. The van der Waals surface area contributed by atoms with E-state index in [9.17, 15) is 4.79 Å². The molecule has 0 unspecified atom stereocenters. The number of hydrogen-bond acceptors (Lipinski definition) is 5. The third kappa shape index (κ3) is 4.36. The zero-order chi connectivity index (χ0) is 16.8. The molecule has 6 nitrogen and oxygen atoms in total. The SMILES string of the molecule is Cc1cc(Nc2ccc(NC(=O)COc3ccccc3)cc2)no1. The summed E-state index contributed by atoms with van der Waals surface area (Å²) in [7, 11) is 0. The van der Waals surface area contributed by atoms with E-state index in [0.717, 1.165) is 11.4 Å². The molecule has 3 rings (SSSR count). The molecule has 2 N–H and O–H groups in total. The van der Waals surface area contributed by atoms with Crippen molar-refractivity contribution < 1.29 is 14.1 Å². The van der Waals surface area contributed by atoms with Crippen LogP contribution in [0.1, 0.15) is 5.76 Å². The molecule has 3 aromatic rings. The Kier molecular flexibility index (Phi) is 4.76. The van der Waals surface area contributed by atoms with E-state index in [4.69, 9.17) is 9.26 Å². The number of carbonyl (C=O) groups excluding carboxylic acids is 1. The molecule has 1 aromatic heterocycles. The number of hydrogen-bond donors (Lipinski definition) is 2. The average molecular weight is 323 g/mol. The van der Waals surface area contributed by atoms with Crippen LogP contribution in [0.25, 0.3) is 0 Å². The van der Waals surface area contributed by atoms with E-state index in [2.05, 4.69) is 15.8 Å². The maximum Gasteiger partial charge on any atom is 0.262 e. The van der Waals surface area contributed by atoms with Gasteiger partial charge in [0, 0.05) is 17.4 Å². The van der Waals surface area contributed by atoms with Crippen LogP contribution in [-0.2, 0) is 4.79 Å². The van der Waals surface area contributed by atoms with Crippen LogP contribution in [0.15, 0.2) is 65.2 Å². The second-order valence-corrected chi connectivity index (χ2v) is 5.18. The first-order valence-electron chi connectivity index (χ1n) is 7.47. The van der Waals surface area contributed by atoms with Gasteiger partial charge in [0.25, 0.3) is 5.91 Å². The number of amides is 1. The summed E-state index contributed by atoms with van der Waals surface area (Å²) >= 11 is 0. The molecule has 0 bridgehead atoms. The van der Waals surface area contributed by atoms with Crippen molar-refractivity contribution in [2.45, 2.75) is 6.92 Å². The van der Waals surface area contributed by atoms with Crippen LogP contribution in [0.2, 0.25) is 0 Å². The van der Waals surface area contributed by atoms with Crippen molar-refractivity contribution >= 4 is 23.1 Å². The van der Waals surface area contributed by atoms with E-state index in [1.807, 2.05) is 37.3 Å². The fourth-order valence-electron chi connectivity index (χ4n) is 2.07. The lowest BCUT2D eigenvalue weighted by atomic mass is 10.2. The molecule has 0 saturated heterocycles. The number of rotatable bonds is 6. The Morgan fingerprint density at radius 1 is 1.08 bits per heavy atom. The number of ether oxygens (including phenoxy) is 1. The van der Waals surface area contributed by atoms with E-state index in [1.165, 1.54) is 0 Å². The Morgan fingerprint density at radius 2 is 1.79 bits per heavy atom. The van der Waals surface area contributed by atoms with Gasteiger partial charge in [0.1, 0.15) is 11.5 Å². The van der Waals surface area contributed by atoms with Crippen LogP contribution < -0.4 is 15.4 Å². The minimum absolute atomic E-state index is 0.0395. The van der Waals surface area contributed by atoms with Crippen molar-refractivity contribution in [3.05, 3.63) is 66.4 Å². The summed E-state index contributed by atoms with van der Waals surface area (Å²) in [5.74, 6) is 1.82. The van der Waals surface area contributed by atoms with Crippen molar-refractivity contribution in [2.75, 3.05) is 17.2 Å². The van der Waals surface area contributed by atoms with Crippen molar-refractivity contribution in [3.8, 4) is 5.75 Å². The number of carbonyl (C=O) groups is 1. The molecule has 6 heteroatoms. The lowest BCUT2D eigenvalue weighted by Gasteiger charge is -2.08. The van der Waals surface area contributed by atoms with Gasteiger partial charge in [-0.3, -0.25) is 4.79 Å². The highest BCUT2D eigenvalue weighted by Gasteiger charge is 2.05. The molecule has 1 amide bonds. The van der Waals surface area contributed by atoms with Crippen LogP contribution >= 0.6 is 0 Å². The van der Waals surface area contributed by atoms with E-state index < -0.39 is 0 Å². The van der Waals surface area contributed by atoms with Gasteiger partial charge in [-0.25, -0.2) is 0 Å². The standard InChI is InChI=1S/C18H17N3O3/c1-13-11-17(21-24-13)19-14-7-9-15(10-8-14)20-18(22)12-23-16-5-3-2-4-6-16/h2-11H,12H2,1H3,(H,19,21)(H,20,22). The first-order valence-corrected chi connectivity index (χ1v) is 7.47. The molecule has 1 heterocycles. The smallest absolute Gasteiger partial charge is 0.262 e. The molecular weight excluding hydrogens is 306 g/mol. The number of nitrogens with zero attached hydrogens (tertiary/aromatic N) is 1. The van der Waals surface area contributed by atoms with Crippen LogP contribution in [0.4, 0.5) is 17.2 Å². The largest absolute Gasteiger partial charge is 0.484 e. The molecule has 24 heavy (non-hydrogen) atoms. The van der Waals surface area contributed by atoms with E-state index in [-0.39, 0.29) is 12.5 Å². The zero-order valence-electron chi connectivity index (χ0n) is 13.2. The van der Waals surface area contributed by atoms with Crippen molar-refractivity contribution in [3.63, 3.8) is 0 Å². The van der Waals surface area contributed by atoms with Crippen LogP contribution in [-0.4, -0.2) is 17.7 Å². The van der Waals surface area contributed by atoms with E-state index in [0.29, 0.717) is 17.3 Å². The molecule has 0 aliphatic carbocycles. The van der Waals surface area contributed by atoms with Crippen LogP contribution in [0, 0.1) is 6.92 Å². The van der Waals surface area contributed by atoms with Gasteiger partial charge < -0.3 is 19.9 Å². The van der Waals surface area contributed by atoms with Crippen molar-refractivity contribution in [2.24, 2.45) is 0 Å². The molecule has 2 aromatic carbocycles. The lowest BCUT2D eigenvalue weighted by molar-refractivity contribution is -0.118. The second kappa shape index (κ2) is 7.32. The fourth-order valence-corrected chi connectivity index (χ4v) is 2.07. The highest BCUT2D eigenvalue weighted by atomic mass is 16.5. The number of benzene rings is 2. The summed E-state index contributed by atoms with van der Waals surface area (Å²) < 4.78 is 10.4. The molecule has 0 saturated carbocycles. The number of para-hydroxylation sites is 1. The number of aromatic nitrogens is 1. The van der Waals surface area contributed by atoms with E-state index in [1.54, 1.807) is 30.3 Å². The third-order valence-electron chi connectivity index (χ3n) is 3.18. The van der Waals surface area contributed by atoms with Gasteiger partial charge in [0.15, 0.2) is 12.4 Å². The second-order valence-electron chi connectivity index (χ2n) is 5.18. The summed E-state index contributed by atoms with van der Waals surface area (Å²) in [6, 6.07) is 18.3. The van der Waals surface area contributed by atoms with Crippen LogP contribution in [0.5, 0.6) is 5.75 Å². The van der Waals surface area contributed by atoms with Gasteiger partial charge in [-0.15, -0.1) is 0 Å². The first kappa shape index (κ1) is 15.6. The minimum Gasteiger partial charge on any atom is -0.484 e. The Labute approximate surface area is 139 Å². The van der Waals surface area contributed by atoms with Gasteiger partial charge in [0.2, 0.25) is 0 Å². The quantitative estimate of drug-likeness (QED) is 0.722. The molecule has 0 fully saturated rings. The van der Waals surface area contributed by atoms with Gasteiger partial charge in [0.05, 0.1) is 0 Å². The molecule has 0 atom stereocenters. The predicted molar refractivity (Wildman–Crippen MR) is 91.5 cm³/mol. The predicted octanol–water partition coefficient (Wildman–Crippen LogP) is 3.74. The first-order chi connectivity index (χ1) is 11.7. The lowest BCUT2D eigenvalue weighted by Crippen LogP contribution is -2.20. The normalized spacial score (nSPS) is 10.2. The highest BCUT2D eigenvalue weighted by Crippen LogP contribution is 2.18. The number of anilines is 3. The molecule has 122 valence electrons. The van der Waals surface area contributed by atoms with Gasteiger partial charge >= 0.3 is 0 Å². The van der Waals surface area contributed by atoms with Crippen molar-refractivity contribution in [1.29, 1.82) is 0 Å². The van der Waals surface area contributed by atoms with Crippen LogP contribution in [0.3, 0.4) is 0 Å². The monoisotopic (exact) mass is 323 g/mol. The maximum atomic E-state index is 11.9. The summed E-state index contributed by atoms with van der Waals surface area (Å²) in [5, 5.41) is 9.75. The molecule has 0 spiro atoms. The molecule has 0 aliphatic heterocycles. The Balaban J connectivity index is 1.51. The highest BCUT2D eigenvalue weighted by molar-refractivity contribution is 5.92. The average Bonchev–Trinajstić information content (AvgIpc) is 3.01. The third-order valence-corrected chi connectivity index (χ3v) is 3.18. The van der Waals surface area contributed by atoms with Crippen molar-refractivity contribution in [1.82, 2.24) is 5.16 Å². The molecule has 0 aliphatic rings. The number of nitrogens with one attached hydrogen (secondary N) is 2. The Morgan fingerprint density at radius 3 is 2.46 bits per heavy atom. The topological polar surface area (TPSA) is 76.4 Å². The molecular formula is C18H17N3O3. The fraction of sp³-hybridized carbons (Fsp3) is 0.111. The Bertz CT molecular complexity index is 798. The summed E-state index contributed by atoms with van der Waals surface area (Å²) in [6.07, 6.45) is 0. The van der Waals surface area contributed by atoms with E-state index >= 15 is 0 Å². The minimum atomic E-state index is -0.216. The summed E-state index contributed by atoms with van der Waals surface area (Å²) in [6.45, 7) is 1.79. The van der Waals surface area contributed by atoms with Gasteiger partial charge in [-0.05, 0) is 43.3 Å².